The van der Waals surface area contributed by atoms with Crippen LogP contribution < -0.4 is 0 Å². The third kappa shape index (κ3) is 19.8. The average molecular weight is 507 g/mol. The van der Waals surface area contributed by atoms with Gasteiger partial charge in [-0.05, 0) is 55.4 Å². The van der Waals surface area contributed by atoms with E-state index in [1.54, 1.807) is 14.0 Å². The van der Waals surface area contributed by atoms with Crippen molar-refractivity contribution >= 4 is 5.97 Å². The molecule has 0 heterocycles. The van der Waals surface area contributed by atoms with Crippen LogP contribution in [-0.2, 0) is 42.7 Å². The lowest BCUT2D eigenvalue weighted by molar-refractivity contribution is -0.144. The highest BCUT2D eigenvalue weighted by atomic mass is 16.6. The van der Waals surface area contributed by atoms with E-state index in [0.717, 1.165) is 0 Å². The molecule has 0 spiro atoms. The van der Waals surface area contributed by atoms with E-state index in [9.17, 15) is 4.79 Å². The smallest absolute Gasteiger partial charge is 0.333 e. The van der Waals surface area contributed by atoms with Gasteiger partial charge >= 0.3 is 5.97 Å². The highest BCUT2D eigenvalue weighted by molar-refractivity contribution is 5.86. The number of carbonyl (C=O) groups excluding carboxylic acids is 1. The fourth-order valence-corrected chi connectivity index (χ4v) is 2.47. The van der Waals surface area contributed by atoms with Crippen LogP contribution in [0.2, 0.25) is 0 Å². The van der Waals surface area contributed by atoms with Crippen molar-refractivity contribution in [2.45, 2.75) is 98.1 Å². The second kappa shape index (κ2) is 20.0. The molecule has 0 aromatic rings. The number of methoxy groups -OCH3 is 1. The average Bonchev–Trinajstić information content (AvgIpc) is 2.83. The molecular weight excluding hydrogens is 456 g/mol. The third-order valence-electron chi connectivity index (χ3n) is 4.89. The highest BCUT2D eigenvalue weighted by Crippen LogP contribution is 2.05. The van der Waals surface area contributed by atoms with Gasteiger partial charge in [0.2, 0.25) is 0 Å². The molecule has 9 heteroatoms. The molecule has 208 valence electrons. The predicted octanol–water partition coefficient (Wildman–Crippen LogP) is 3.57. The van der Waals surface area contributed by atoms with E-state index in [4.69, 9.17) is 37.9 Å². The second-order valence-electron chi connectivity index (χ2n) is 9.29. The van der Waals surface area contributed by atoms with Crippen molar-refractivity contribution in [3.8, 4) is 0 Å². The Balaban J connectivity index is 3.87. The minimum atomic E-state index is -0.413. The first-order chi connectivity index (χ1) is 16.4. The molecule has 0 aliphatic heterocycles. The minimum Gasteiger partial charge on any atom is -0.460 e. The monoisotopic (exact) mass is 506 g/mol. The zero-order valence-electron chi connectivity index (χ0n) is 23.4. The second-order valence-corrected chi connectivity index (χ2v) is 9.29. The summed E-state index contributed by atoms with van der Waals surface area (Å²) in [7, 11) is 1.67. The van der Waals surface area contributed by atoms with Crippen molar-refractivity contribution in [2.75, 3.05) is 53.4 Å². The Morgan fingerprint density at radius 2 is 0.800 bits per heavy atom. The molecule has 0 saturated heterocycles. The molecule has 7 unspecified atom stereocenters. The Morgan fingerprint density at radius 3 is 1.06 bits per heavy atom. The summed E-state index contributed by atoms with van der Waals surface area (Å²) in [6, 6.07) is 0. The van der Waals surface area contributed by atoms with Crippen LogP contribution in [0.1, 0.15) is 55.4 Å². The zero-order chi connectivity index (χ0) is 26.8. The van der Waals surface area contributed by atoms with Crippen LogP contribution in [0, 0.1) is 0 Å². The van der Waals surface area contributed by atoms with E-state index in [0.29, 0.717) is 45.2 Å². The van der Waals surface area contributed by atoms with Crippen LogP contribution in [0.25, 0.3) is 0 Å². The highest BCUT2D eigenvalue weighted by Gasteiger charge is 2.14. The first-order valence-electron chi connectivity index (χ1n) is 12.5. The van der Waals surface area contributed by atoms with Crippen LogP contribution in [0.3, 0.4) is 0 Å². The lowest BCUT2D eigenvalue weighted by atomic mass is 10.3. The molecule has 0 aliphatic rings. The van der Waals surface area contributed by atoms with Crippen molar-refractivity contribution in [1.82, 2.24) is 0 Å². The van der Waals surface area contributed by atoms with E-state index < -0.39 is 5.97 Å². The van der Waals surface area contributed by atoms with Gasteiger partial charge < -0.3 is 37.9 Å². The summed E-state index contributed by atoms with van der Waals surface area (Å²) in [6.45, 7) is 21.8. The van der Waals surface area contributed by atoms with Crippen molar-refractivity contribution in [1.29, 1.82) is 0 Å². The maximum Gasteiger partial charge on any atom is 0.333 e. The van der Waals surface area contributed by atoms with Gasteiger partial charge in [0.1, 0.15) is 6.61 Å². The van der Waals surface area contributed by atoms with Gasteiger partial charge in [-0.1, -0.05) is 6.58 Å². The molecule has 7 atom stereocenters. The van der Waals surface area contributed by atoms with Crippen LogP contribution in [0.5, 0.6) is 0 Å². The van der Waals surface area contributed by atoms with Crippen molar-refractivity contribution in [3.05, 3.63) is 12.2 Å². The van der Waals surface area contributed by atoms with Crippen molar-refractivity contribution in [3.63, 3.8) is 0 Å². The number of hydrogen-bond acceptors (Lipinski definition) is 9. The van der Waals surface area contributed by atoms with Crippen LogP contribution in [-0.4, -0.2) is 102 Å². The first kappa shape index (κ1) is 33.9. The first-order valence-corrected chi connectivity index (χ1v) is 12.5. The van der Waals surface area contributed by atoms with E-state index in [1.807, 2.05) is 48.5 Å². The van der Waals surface area contributed by atoms with E-state index in [-0.39, 0.29) is 49.3 Å². The van der Waals surface area contributed by atoms with Crippen molar-refractivity contribution in [2.24, 2.45) is 0 Å². The third-order valence-corrected chi connectivity index (χ3v) is 4.89. The normalized spacial score (nSPS) is 17.7. The molecule has 0 fully saturated rings. The molecule has 0 radical (unpaired) electrons. The minimum absolute atomic E-state index is 0.00767. The fraction of sp³-hybridized carbons (Fsp3) is 0.885. The Bertz CT molecular complexity index is 557. The molecule has 0 aliphatic carbocycles. The number of ether oxygens (including phenoxy) is 8. The van der Waals surface area contributed by atoms with Gasteiger partial charge in [0.15, 0.2) is 0 Å². The molecule has 0 bridgehead atoms. The Morgan fingerprint density at radius 1 is 0.543 bits per heavy atom. The van der Waals surface area contributed by atoms with Gasteiger partial charge in [-0.25, -0.2) is 4.79 Å². The molecule has 0 aromatic carbocycles. The van der Waals surface area contributed by atoms with Gasteiger partial charge in [0, 0.05) is 12.7 Å². The van der Waals surface area contributed by atoms with E-state index in [1.165, 1.54) is 0 Å². The van der Waals surface area contributed by atoms with Gasteiger partial charge in [-0.3, -0.25) is 0 Å². The van der Waals surface area contributed by atoms with Gasteiger partial charge in [0.05, 0.1) is 82.4 Å². The molecule has 35 heavy (non-hydrogen) atoms. The number of hydrogen-bond donors (Lipinski definition) is 0. The number of esters is 1. The quantitative estimate of drug-likeness (QED) is 0.161. The van der Waals surface area contributed by atoms with Crippen LogP contribution >= 0.6 is 0 Å². The Hall–Kier alpha value is -1.07. The summed E-state index contributed by atoms with van der Waals surface area (Å²) in [5, 5.41) is 0. The molecule has 0 saturated carbocycles. The predicted molar refractivity (Wildman–Crippen MR) is 135 cm³/mol. The summed E-state index contributed by atoms with van der Waals surface area (Å²) in [5.41, 5.74) is 0.370. The molecule has 0 rings (SSSR count). The van der Waals surface area contributed by atoms with Gasteiger partial charge in [-0.15, -0.1) is 0 Å². The summed E-state index contributed by atoms with van der Waals surface area (Å²) >= 11 is 0. The SMILES string of the molecule is C=C(C)C(=O)OCC(C)OCC(C)OCC(C)OCC(C)OCC(C)OCC(C)OCC(C)OC. The lowest BCUT2D eigenvalue weighted by Gasteiger charge is -2.22. The maximum atomic E-state index is 11.4. The molecule has 0 aromatic heterocycles. The van der Waals surface area contributed by atoms with E-state index in [2.05, 4.69) is 6.58 Å². The summed E-state index contributed by atoms with van der Waals surface area (Å²) in [5.74, 6) is -0.413. The molecular formula is C26H50O9. The van der Waals surface area contributed by atoms with Gasteiger partial charge in [0.25, 0.3) is 0 Å². The number of carbonyl (C=O) groups is 1. The molecule has 0 amide bonds. The molecule has 9 nitrogen and oxygen atoms in total. The fourth-order valence-electron chi connectivity index (χ4n) is 2.47. The maximum absolute atomic E-state index is 11.4. The van der Waals surface area contributed by atoms with Crippen LogP contribution in [0.15, 0.2) is 12.2 Å². The van der Waals surface area contributed by atoms with Gasteiger partial charge in [-0.2, -0.15) is 0 Å². The van der Waals surface area contributed by atoms with Crippen molar-refractivity contribution < 1.29 is 42.7 Å². The van der Waals surface area contributed by atoms with E-state index >= 15 is 0 Å². The largest absolute Gasteiger partial charge is 0.460 e. The summed E-state index contributed by atoms with van der Waals surface area (Å²) in [6.07, 6.45) is -0.476. The number of rotatable bonds is 22. The summed E-state index contributed by atoms with van der Waals surface area (Å²) in [4.78, 5) is 11.4. The standard InChI is InChI=1S/C26H50O9/c1-18(2)26(27)35-17-25(9)34-16-24(8)33-15-23(7)32-14-22(6)31-13-21(5)30-12-20(4)29-11-19(3)28-10/h19-25H,1,11-17H2,2-10H3. The molecule has 0 N–H and O–H groups in total. The lowest BCUT2D eigenvalue weighted by Crippen LogP contribution is -2.30. The zero-order valence-corrected chi connectivity index (χ0v) is 23.4. The Kier molecular flexibility index (Phi) is 19.4. The Labute approximate surface area is 212 Å². The van der Waals surface area contributed by atoms with Crippen LogP contribution in [0.4, 0.5) is 0 Å². The topological polar surface area (TPSA) is 90.9 Å². The summed E-state index contributed by atoms with van der Waals surface area (Å²) < 4.78 is 44.8.